The van der Waals surface area contributed by atoms with Crippen LogP contribution in [0.5, 0.6) is 23.0 Å². The van der Waals surface area contributed by atoms with Crippen LogP contribution in [-0.2, 0) is 5.41 Å². The summed E-state index contributed by atoms with van der Waals surface area (Å²) in [4.78, 5) is 0. The van der Waals surface area contributed by atoms with E-state index in [4.69, 9.17) is 14.2 Å². The predicted molar refractivity (Wildman–Crippen MR) is 106 cm³/mol. The number of hydrogen-bond acceptors (Lipinski definition) is 6. The third-order valence-corrected chi connectivity index (χ3v) is 5.24. The average Bonchev–Trinajstić information content (AvgIpc) is 2.82. The fourth-order valence-corrected chi connectivity index (χ4v) is 3.80. The van der Waals surface area contributed by atoms with Crippen molar-refractivity contribution < 1.29 is 19.3 Å². The van der Waals surface area contributed by atoms with Crippen molar-refractivity contribution in [2.45, 2.75) is 25.7 Å². The largest absolute Gasteiger partial charge is 0.504 e. The average molecular weight is 368 g/mol. The molecule has 27 heavy (non-hydrogen) atoms. The normalized spacial score (nSPS) is 18.3. The van der Waals surface area contributed by atoms with Crippen molar-refractivity contribution >= 4 is 11.9 Å². The van der Waals surface area contributed by atoms with Gasteiger partial charge in [-0.25, -0.2) is 0 Å². The Hall–Kier alpha value is -3.02. The van der Waals surface area contributed by atoms with E-state index >= 15 is 0 Å². The van der Waals surface area contributed by atoms with E-state index in [1.54, 1.807) is 32.6 Å². The van der Waals surface area contributed by atoms with Crippen LogP contribution in [-0.4, -0.2) is 38.4 Å². The highest BCUT2D eigenvalue weighted by atomic mass is 16.5. The fraction of sp³-hybridized carbons (Fsp3) is 0.333. The molecule has 3 rings (SSSR count). The van der Waals surface area contributed by atoms with Gasteiger partial charge < -0.3 is 19.3 Å². The van der Waals surface area contributed by atoms with E-state index in [-0.39, 0.29) is 5.75 Å². The predicted octanol–water partition coefficient (Wildman–Crippen LogP) is 3.92. The number of phenols is 1. The van der Waals surface area contributed by atoms with Crippen molar-refractivity contribution in [1.29, 1.82) is 0 Å². The Morgan fingerprint density at radius 3 is 2.22 bits per heavy atom. The lowest BCUT2D eigenvalue weighted by atomic mass is 9.68. The zero-order valence-electron chi connectivity index (χ0n) is 16.2. The molecule has 0 saturated heterocycles. The van der Waals surface area contributed by atoms with Crippen molar-refractivity contribution in [2.24, 2.45) is 10.2 Å². The topological polar surface area (TPSA) is 72.6 Å². The lowest BCUT2D eigenvalue weighted by Gasteiger charge is -2.35. The maximum absolute atomic E-state index is 10.4. The Morgan fingerprint density at radius 1 is 0.963 bits per heavy atom. The number of phenolic OH excluding ortho intramolecular Hbond substituents is 1. The van der Waals surface area contributed by atoms with E-state index < -0.39 is 5.41 Å². The summed E-state index contributed by atoms with van der Waals surface area (Å²) in [5, 5.41) is 19.0. The van der Waals surface area contributed by atoms with Gasteiger partial charge in [0.15, 0.2) is 23.0 Å². The Labute approximate surface area is 159 Å². The van der Waals surface area contributed by atoms with Crippen molar-refractivity contribution in [3.63, 3.8) is 0 Å². The zero-order valence-corrected chi connectivity index (χ0v) is 16.2. The monoisotopic (exact) mass is 368 g/mol. The second-order valence-electron chi connectivity index (χ2n) is 6.37. The summed E-state index contributed by atoms with van der Waals surface area (Å²) in [7, 11) is 4.75. The molecule has 2 aromatic rings. The van der Waals surface area contributed by atoms with Crippen LogP contribution in [0, 0.1) is 0 Å². The summed E-state index contributed by atoms with van der Waals surface area (Å²) < 4.78 is 16.2. The first-order valence-electron chi connectivity index (χ1n) is 8.73. The molecule has 6 heteroatoms. The van der Waals surface area contributed by atoms with Gasteiger partial charge in [0.25, 0.3) is 0 Å². The highest BCUT2D eigenvalue weighted by Gasteiger charge is 2.40. The third kappa shape index (κ3) is 2.91. The molecule has 0 aliphatic carbocycles. The summed E-state index contributed by atoms with van der Waals surface area (Å²) in [6.45, 7) is 4.04. The van der Waals surface area contributed by atoms with Gasteiger partial charge in [0, 0.05) is 5.56 Å². The summed E-state index contributed by atoms with van der Waals surface area (Å²) in [5.41, 5.74) is 3.05. The van der Waals surface area contributed by atoms with Gasteiger partial charge in [0.05, 0.1) is 38.7 Å². The number of hydrogen-bond donors (Lipinski definition) is 1. The number of methoxy groups -OCH3 is 3. The summed E-state index contributed by atoms with van der Waals surface area (Å²) in [5.74, 6) is 1.78. The van der Waals surface area contributed by atoms with Crippen LogP contribution >= 0.6 is 0 Å². The van der Waals surface area contributed by atoms with Crippen molar-refractivity contribution in [2.75, 3.05) is 21.3 Å². The maximum atomic E-state index is 10.4. The van der Waals surface area contributed by atoms with Gasteiger partial charge in [-0.2, -0.15) is 10.2 Å². The van der Waals surface area contributed by atoms with E-state index in [1.165, 1.54) is 7.11 Å². The molecule has 0 spiro atoms. The molecule has 0 fully saturated rings. The first kappa shape index (κ1) is 18.8. The molecule has 6 nitrogen and oxygen atoms in total. The van der Waals surface area contributed by atoms with E-state index in [0.29, 0.717) is 17.2 Å². The summed E-state index contributed by atoms with van der Waals surface area (Å²) in [6.07, 6.45) is 2.45. The molecule has 1 heterocycles. The molecular weight excluding hydrogens is 344 g/mol. The van der Waals surface area contributed by atoms with E-state index in [0.717, 1.165) is 28.8 Å². The second-order valence-corrected chi connectivity index (χ2v) is 6.37. The molecule has 1 atom stereocenters. The molecular formula is C21H24N2O4. The van der Waals surface area contributed by atoms with E-state index in [9.17, 15) is 5.11 Å². The molecule has 0 saturated carbocycles. The standard InChI is InChI=1S/C21H24N2O4/c1-6-21(15-7-8-18(25-3)17(24)10-15)13(2)23-22-12-14-9-19(26-4)20(27-5)11-16(14)21/h7-12,24H,6H2,1-5H3. The molecule has 0 bridgehead atoms. The van der Waals surface area contributed by atoms with Gasteiger partial charge >= 0.3 is 0 Å². The third-order valence-electron chi connectivity index (χ3n) is 5.24. The number of nitrogens with zero attached hydrogens (tertiary/aromatic N) is 2. The highest BCUT2D eigenvalue weighted by Crippen LogP contribution is 2.45. The first-order valence-corrected chi connectivity index (χ1v) is 8.73. The van der Waals surface area contributed by atoms with Gasteiger partial charge in [-0.3, -0.25) is 0 Å². The molecule has 0 radical (unpaired) electrons. The molecule has 142 valence electrons. The Balaban J connectivity index is 2.34. The first-order chi connectivity index (χ1) is 13.0. The van der Waals surface area contributed by atoms with Crippen LogP contribution < -0.4 is 14.2 Å². The van der Waals surface area contributed by atoms with Gasteiger partial charge in [-0.15, -0.1) is 0 Å². The van der Waals surface area contributed by atoms with Crippen LogP contribution in [0.3, 0.4) is 0 Å². The minimum Gasteiger partial charge on any atom is -0.504 e. The maximum Gasteiger partial charge on any atom is 0.161 e. The highest BCUT2D eigenvalue weighted by molar-refractivity contribution is 6.01. The van der Waals surface area contributed by atoms with Crippen LogP contribution in [0.15, 0.2) is 40.5 Å². The van der Waals surface area contributed by atoms with Crippen molar-refractivity contribution in [1.82, 2.24) is 0 Å². The Kier molecular flexibility index (Phi) is 5.08. The lowest BCUT2D eigenvalue weighted by molar-refractivity contribution is 0.354. The van der Waals surface area contributed by atoms with Crippen molar-refractivity contribution in [3.05, 3.63) is 47.0 Å². The summed E-state index contributed by atoms with van der Waals surface area (Å²) >= 11 is 0. The fourth-order valence-electron chi connectivity index (χ4n) is 3.80. The minimum atomic E-state index is -0.574. The smallest absolute Gasteiger partial charge is 0.161 e. The quantitative estimate of drug-likeness (QED) is 0.868. The Bertz CT molecular complexity index is 921. The zero-order chi connectivity index (χ0) is 19.6. The number of benzene rings is 2. The van der Waals surface area contributed by atoms with Gasteiger partial charge in [0.1, 0.15) is 0 Å². The van der Waals surface area contributed by atoms with E-state index in [1.807, 2.05) is 25.1 Å². The molecule has 1 unspecified atom stereocenters. The van der Waals surface area contributed by atoms with Crippen LogP contribution in [0.4, 0.5) is 0 Å². The summed E-state index contributed by atoms with van der Waals surface area (Å²) in [6, 6.07) is 9.32. The minimum absolute atomic E-state index is 0.0859. The molecule has 1 aliphatic heterocycles. The number of ether oxygens (including phenoxy) is 3. The molecule has 0 aromatic heterocycles. The van der Waals surface area contributed by atoms with Gasteiger partial charge in [-0.05, 0) is 48.7 Å². The SMILES string of the molecule is CCC1(c2ccc(OC)c(O)c2)C(C)=NN=Cc2cc(OC)c(OC)cc21. The molecule has 2 aromatic carbocycles. The van der Waals surface area contributed by atoms with Gasteiger partial charge in [-0.1, -0.05) is 13.0 Å². The number of rotatable bonds is 5. The number of aromatic hydroxyl groups is 1. The molecule has 1 aliphatic rings. The lowest BCUT2D eigenvalue weighted by Crippen LogP contribution is -2.35. The van der Waals surface area contributed by atoms with Gasteiger partial charge in [0.2, 0.25) is 0 Å². The van der Waals surface area contributed by atoms with Crippen LogP contribution in [0.2, 0.25) is 0 Å². The molecule has 1 N–H and O–H groups in total. The second kappa shape index (κ2) is 7.31. The van der Waals surface area contributed by atoms with E-state index in [2.05, 4.69) is 17.1 Å². The van der Waals surface area contributed by atoms with Crippen LogP contribution in [0.1, 0.15) is 37.0 Å². The molecule has 0 amide bonds. The van der Waals surface area contributed by atoms with Crippen LogP contribution in [0.25, 0.3) is 0 Å². The Morgan fingerprint density at radius 2 is 1.63 bits per heavy atom. The number of fused-ring (bicyclic) bond motifs is 1. The van der Waals surface area contributed by atoms with Crippen molar-refractivity contribution in [3.8, 4) is 23.0 Å².